The summed E-state index contributed by atoms with van der Waals surface area (Å²) >= 11 is 3.28. The van der Waals surface area contributed by atoms with Crippen molar-refractivity contribution in [3.05, 3.63) is 33.9 Å². The van der Waals surface area contributed by atoms with E-state index >= 15 is 0 Å². The van der Waals surface area contributed by atoms with Gasteiger partial charge in [0.05, 0.1) is 24.1 Å². The number of alkyl halides is 1. The van der Waals surface area contributed by atoms with E-state index in [-0.39, 0.29) is 5.69 Å². The third kappa shape index (κ3) is 3.03. The van der Waals surface area contributed by atoms with Gasteiger partial charge < -0.3 is 9.64 Å². The van der Waals surface area contributed by atoms with Gasteiger partial charge in [0, 0.05) is 17.9 Å². The predicted molar refractivity (Wildman–Crippen MR) is 73.3 cm³/mol. The van der Waals surface area contributed by atoms with Gasteiger partial charge >= 0.3 is 0 Å². The molecule has 2 rings (SSSR count). The lowest BCUT2D eigenvalue weighted by Crippen LogP contribution is -2.42. The molecule has 0 aromatic heterocycles. The number of halogens is 1. The Hall–Kier alpha value is -1.65. The van der Waals surface area contributed by atoms with Crippen molar-refractivity contribution < 1.29 is 9.66 Å². The largest absolute Gasteiger partial charge is 0.360 e. The van der Waals surface area contributed by atoms with Gasteiger partial charge in [-0.3, -0.25) is 10.1 Å². The molecule has 1 aliphatic heterocycles. The average molecular weight is 326 g/mol. The second kappa shape index (κ2) is 5.99. The first kappa shape index (κ1) is 13.8. The Morgan fingerprint density at radius 2 is 2.42 bits per heavy atom. The molecule has 1 aromatic carbocycles. The molecular formula is C12H12BrN3O3. The first-order chi connectivity index (χ1) is 9.15. The highest BCUT2D eigenvalue weighted by Gasteiger charge is 2.25. The van der Waals surface area contributed by atoms with Crippen LogP contribution in [0.25, 0.3) is 0 Å². The number of nitro groups is 1. The summed E-state index contributed by atoms with van der Waals surface area (Å²) < 4.78 is 5.24. The van der Waals surface area contributed by atoms with E-state index in [0.29, 0.717) is 30.7 Å². The van der Waals surface area contributed by atoms with Crippen molar-refractivity contribution in [1.82, 2.24) is 0 Å². The lowest BCUT2D eigenvalue weighted by molar-refractivity contribution is -0.384. The zero-order chi connectivity index (χ0) is 13.8. The van der Waals surface area contributed by atoms with E-state index < -0.39 is 11.0 Å². The number of hydrogen-bond donors (Lipinski definition) is 0. The van der Waals surface area contributed by atoms with Gasteiger partial charge in [0.25, 0.3) is 5.69 Å². The van der Waals surface area contributed by atoms with Gasteiger partial charge in [0.1, 0.15) is 5.69 Å². The number of rotatable bonds is 3. The molecule has 0 bridgehead atoms. The third-order valence-electron chi connectivity index (χ3n) is 2.94. The van der Waals surface area contributed by atoms with E-state index in [1.807, 2.05) is 17.0 Å². The first-order valence-corrected chi connectivity index (χ1v) is 6.87. The van der Waals surface area contributed by atoms with Crippen molar-refractivity contribution in [3.63, 3.8) is 0 Å². The second-order valence-electron chi connectivity index (χ2n) is 4.15. The molecule has 1 aliphatic rings. The highest BCUT2D eigenvalue weighted by molar-refractivity contribution is 9.08. The fraction of sp³-hybridized carbons (Fsp3) is 0.417. The Morgan fingerprint density at radius 3 is 3.05 bits per heavy atom. The van der Waals surface area contributed by atoms with Gasteiger partial charge in [-0.2, -0.15) is 5.26 Å². The smallest absolute Gasteiger partial charge is 0.292 e. The lowest BCUT2D eigenvalue weighted by Gasteiger charge is -2.31. The van der Waals surface area contributed by atoms with Gasteiger partial charge in [-0.05, 0) is 11.6 Å². The number of nitro benzene ring substituents is 1. The molecule has 1 aromatic rings. The zero-order valence-corrected chi connectivity index (χ0v) is 11.7. The van der Waals surface area contributed by atoms with Crippen molar-refractivity contribution in [1.29, 1.82) is 5.26 Å². The van der Waals surface area contributed by atoms with E-state index in [1.165, 1.54) is 0 Å². The molecule has 0 N–H and O–H groups in total. The van der Waals surface area contributed by atoms with Crippen LogP contribution in [0, 0.1) is 21.4 Å². The number of nitriles is 1. The second-order valence-corrected chi connectivity index (χ2v) is 4.71. The average Bonchev–Trinajstić information content (AvgIpc) is 2.46. The normalized spacial score (nSPS) is 18.9. The van der Waals surface area contributed by atoms with E-state index in [0.717, 1.165) is 5.56 Å². The van der Waals surface area contributed by atoms with Gasteiger partial charge in [-0.25, -0.2) is 0 Å². The number of nitrogens with zero attached hydrogens (tertiary/aromatic N) is 3. The van der Waals surface area contributed by atoms with Crippen LogP contribution in [0.3, 0.4) is 0 Å². The van der Waals surface area contributed by atoms with Crippen LogP contribution in [0.4, 0.5) is 11.4 Å². The summed E-state index contributed by atoms with van der Waals surface area (Å²) in [6, 6.07) is 7.16. The minimum atomic E-state index is -0.538. The van der Waals surface area contributed by atoms with Crippen molar-refractivity contribution in [2.45, 2.75) is 11.4 Å². The standard InChI is InChI=1S/C12H12BrN3O3/c13-6-9-1-2-11(12(5-9)16(17)18)15-3-4-19-10(7-14)8-15/h1-2,5,10H,3-4,6,8H2. The molecule has 0 amide bonds. The highest BCUT2D eigenvalue weighted by Crippen LogP contribution is 2.31. The van der Waals surface area contributed by atoms with Crippen LogP contribution in [0.1, 0.15) is 5.56 Å². The number of ether oxygens (including phenoxy) is 1. The summed E-state index contributed by atoms with van der Waals surface area (Å²) in [5.74, 6) is 0. The molecule has 19 heavy (non-hydrogen) atoms. The van der Waals surface area contributed by atoms with Gasteiger partial charge in [0.15, 0.2) is 6.10 Å². The van der Waals surface area contributed by atoms with Gasteiger partial charge in [0.2, 0.25) is 0 Å². The molecule has 1 heterocycles. The Morgan fingerprint density at radius 1 is 1.63 bits per heavy atom. The topological polar surface area (TPSA) is 79.4 Å². The van der Waals surface area contributed by atoms with E-state index in [9.17, 15) is 10.1 Å². The monoisotopic (exact) mass is 325 g/mol. The third-order valence-corrected chi connectivity index (χ3v) is 3.59. The molecule has 0 radical (unpaired) electrons. The molecule has 1 unspecified atom stereocenters. The Bertz CT molecular complexity index is 529. The van der Waals surface area contributed by atoms with Crippen molar-refractivity contribution in [3.8, 4) is 6.07 Å². The molecule has 0 aliphatic carbocycles. The lowest BCUT2D eigenvalue weighted by atomic mass is 10.1. The Kier molecular flexibility index (Phi) is 4.35. The fourth-order valence-electron chi connectivity index (χ4n) is 2.01. The molecule has 1 atom stereocenters. The van der Waals surface area contributed by atoms with Crippen molar-refractivity contribution in [2.75, 3.05) is 24.6 Å². The van der Waals surface area contributed by atoms with Gasteiger partial charge in [-0.15, -0.1) is 0 Å². The number of benzene rings is 1. The summed E-state index contributed by atoms with van der Waals surface area (Å²) in [4.78, 5) is 12.6. The highest BCUT2D eigenvalue weighted by atomic mass is 79.9. The van der Waals surface area contributed by atoms with E-state index in [4.69, 9.17) is 10.00 Å². The molecule has 0 spiro atoms. The summed E-state index contributed by atoms with van der Waals surface area (Å²) in [6.45, 7) is 1.30. The molecule has 100 valence electrons. The number of anilines is 1. The Labute approximate surface area is 118 Å². The van der Waals surface area contributed by atoms with Crippen LogP contribution >= 0.6 is 15.9 Å². The van der Waals surface area contributed by atoms with Gasteiger partial charge in [-0.1, -0.05) is 22.0 Å². The van der Waals surface area contributed by atoms with Crippen LogP contribution in [0.2, 0.25) is 0 Å². The van der Waals surface area contributed by atoms with E-state index in [2.05, 4.69) is 15.9 Å². The SMILES string of the molecule is N#CC1CN(c2ccc(CBr)cc2[N+](=O)[O-])CCO1. The molecule has 7 heteroatoms. The molecule has 0 saturated carbocycles. The van der Waals surface area contributed by atoms with Crippen LogP contribution in [-0.4, -0.2) is 30.7 Å². The maximum Gasteiger partial charge on any atom is 0.292 e. The molecular weight excluding hydrogens is 314 g/mol. The Balaban J connectivity index is 2.33. The van der Waals surface area contributed by atoms with Crippen LogP contribution in [-0.2, 0) is 10.1 Å². The van der Waals surface area contributed by atoms with E-state index in [1.54, 1.807) is 12.1 Å². The maximum absolute atomic E-state index is 11.2. The summed E-state index contributed by atoms with van der Waals surface area (Å²) in [7, 11) is 0. The molecule has 1 fully saturated rings. The first-order valence-electron chi connectivity index (χ1n) is 5.75. The van der Waals surface area contributed by atoms with Crippen LogP contribution in [0.5, 0.6) is 0 Å². The molecule has 1 saturated heterocycles. The fourth-order valence-corrected chi connectivity index (χ4v) is 2.36. The predicted octanol–water partition coefficient (Wildman–Crippen LogP) is 2.22. The minimum Gasteiger partial charge on any atom is -0.360 e. The summed E-state index contributed by atoms with van der Waals surface area (Å²) in [5.41, 5.74) is 1.45. The maximum atomic E-state index is 11.2. The van der Waals surface area contributed by atoms with Crippen LogP contribution in [0.15, 0.2) is 18.2 Å². The van der Waals surface area contributed by atoms with Crippen LogP contribution < -0.4 is 4.90 Å². The quantitative estimate of drug-likeness (QED) is 0.483. The zero-order valence-electron chi connectivity index (χ0n) is 10.1. The molecule has 6 nitrogen and oxygen atoms in total. The number of morpholine rings is 1. The summed E-state index contributed by atoms with van der Waals surface area (Å²) in [6.07, 6.45) is -0.538. The number of hydrogen-bond acceptors (Lipinski definition) is 5. The summed E-state index contributed by atoms with van der Waals surface area (Å²) in [5, 5.41) is 20.6. The van der Waals surface area contributed by atoms with Crippen molar-refractivity contribution >= 4 is 27.3 Å². The minimum absolute atomic E-state index is 0.0653. The van der Waals surface area contributed by atoms with Crippen molar-refractivity contribution in [2.24, 2.45) is 0 Å².